The highest BCUT2D eigenvalue weighted by atomic mass is 32.1. The van der Waals surface area contributed by atoms with E-state index < -0.39 is 5.97 Å². The summed E-state index contributed by atoms with van der Waals surface area (Å²) >= 11 is 5.07. The number of carboxylic acid groups (broad SMARTS) is 1. The SMILES string of the molecule is CCC(=O)NC(=S)Nc1ccccc1-c1ccc(C(=O)O)o1. The van der Waals surface area contributed by atoms with Crippen molar-refractivity contribution in [2.45, 2.75) is 13.3 Å². The van der Waals surface area contributed by atoms with Crippen LogP contribution >= 0.6 is 12.2 Å². The Kier molecular flexibility index (Phi) is 4.90. The van der Waals surface area contributed by atoms with Crippen LogP contribution in [0.25, 0.3) is 11.3 Å². The molecular formula is C15H14N2O4S. The highest BCUT2D eigenvalue weighted by Gasteiger charge is 2.14. The van der Waals surface area contributed by atoms with Crippen molar-refractivity contribution < 1.29 is 19.1 Å². The van der Waals surface area contributed by atoms with Gasteiger partial charge in [0.1, 0.15) is 5.76 Å². The minimum absolute atomic E-state index is 0.147. The molecule has 0 saturated heterocycles. The molecule has 0 aliphatic carbocycles. The molecule has 1 amide bonds. The molecule has 114 valence electrons. The molecule has 7 heteroatoms. The number of carbonyl (C=O) groups is 2. The zero-order chi connectivity index (χ0) is 16.1. The molecule has 1 heterocycles. The summed E-state index contributed by atoms with van der Waals surface area (Å²) in [7, 11) is 0. The number of hydrogen-bond acceptors (Lipinski definition) is 4. The number of benzene rings is 1. The van der Waals surface area contributed by atoms with Crippen molar-refractivity contribution in [1.82, 2.24) is 5.32 Å². The number of nitrogens with one attached hydrogen (secondary N) is 2. The topological polar surface area (TPSA) is 91.6 Å². The fraction of sp³-hybridized carbons (Fsp3) is 0.133. The number of carbonyl (C=O) groups excluding carboxylic acids is 1. The first-order valence-electron chi connectivity index (χ1n) is 6.54. The van der Waals surface area contributed by atoms with Crippen molar-refractivity contribution in [2.75, 3.05) is 5.32 Å². The molecule has 1 aromatic carbocycles. The van der Waals surface area contributed by atoms with E-state index in [9.17, 15) is 9.59 Å². The highest BCUT2D eigenvalue weighted by molar-refractivity contribution is 7.80. The van der Waals surface area contributed by atoms with Crippen LogP contribution in [0.2, 0.25) is 0 Å². The number of anilines is 1. The van der Waals surface area contributed by atoms with E-state index in [0.29, 0.717) is 23.4 Å². The van der Waals surface area contributed by atoms with Crippen LogP contribution < -0.4 is 10.6 Å². The summed E-state index contributed by atoms with van der Waals surface area (Å²) in [5.74, 6) is -1.08. The number of hydrogen-bond donors (Lipinski definition) is 3. The average molecular weight is 318 g/mol. The maximum atomic E-state index is 11.3. The molecule has 0 bridgehead atoms. The first-order valence-corrected chi connectivity index (χ1v) is 6.95. The highest BCUT2D eigenvalue weighted by Crippen LogP contribution is 2.29. The number of furan rings is 1. The normalized spacial score (nSPS) is 10.0. The average Bonchev–Trinajstić information content (AvgIpc) is 2.97. The first-order chi connectivity index (χ1) is 10.5. The lowest BCUT2D eigenvalue weighted by Crippen LogP contribution is -2.33. The van der Waals surface area contributed by atoms with Gasteiger partial charge in [0.05, 0.1) is 5.69 Å². The Morgan fingerprint density at radius 2 is 1.95 bits per heavy atom. The van der Waals surface area contributed by atoms with Crippen LogP contribution in [0.4, 0.5) is 5.69 Å². The molecule has 2 aromatic rings. The Balaban J connectivity index is 2.24. The summed E-state index contributed by atoms with van der Waals surface area (Å²) in [5.41, 5.74) is 1.25. The molecule has 0 fully saturated rings. The van der Waals surface area contributed by atoms with Crippen LogP contribution in [-0.2, 0) is 4.79 Å². The smallest absolute Gasteiger partial charge is 0.371 e. The lowest BCUT2D eigenvalue weighted by atomic mass is 10.1. The molecule has 6 nitrogen and oxygen atoms in total. The predicted octanol–water partition coefficient (Wildman–Crippen LogP) is 2.87. The van der Waals surface area contributed by atoms with Crippen molar-refractivity contribution in [3.05, 3.63) is 42.2 Å². The molecule has 0 radical (unpaired) electrons. The van der Waals surface area contributed by atoms with E-state index in [1.165, 1.54) is 6.07 Å². The number of aromatic carboxylic acids is 1. The van der Waals surface area contributed by atoms with Crippen LogP contribution in [0.3, 0.4) is 0 Å². The number of rotatable bonds is 4. The second-order valence-corrected chi connectivity index (χ2v) is 4.78. The van der Waals surface area contributed by atoms with Crippen molar-refractivity contribution in [3.63, 3.8) is 0 Å². The third-order valence-electron chi connectivity index (χ3n) is 2.83. The number of carboxylic acids is 1. The van der Waals surface area contributed by atoms with Gasteiger partial charge in [-0.2, -0.15) is 0 Å². The van der Waals surface area contributed by atoms with Crippen molar-refractivity contribution in [2.24, 2.45) is 0 Å². The van der Waals surface area contributed by atoms with E-state index in [-0.39, 0.29) is 16.8 Å². The molecule has 0 unspecified atom stereocenters. The molecule has 0 saturated carbocycles. The predicted molar refractivity (Wildman–Crippen MR) is 85.8 cm³/mol. The zero-order valence-corrected chi connectivity index (χ0v) is 12.6. The van der Waals surface area contributed by atoms with E-state index in [1.807, 2.05) is 0 Å². The summed E-state index contributed by atoms with van der Waals surface area (Å²) in [5, 5.41) is 14.5. The molecule has 3 N–H and O–H groups in total. The first kappa shape index (κ1) is 15.7. The van der Waals surface area contributed by atoms with Gasteiger partial charge in [-0.15, -0.1) is 0 Å². The summed E-state index contributed by atoms with van der Waals surface area (Å²) in [4.78, 5) is 22.2. The van der Waals surface area contributed by atoms with Crippen LogP contribution in [0.1, 0.15) is 23.9 Å². The van der Waals surface area contributed by atoms with Gasteiger partial charge in [-0.05, 0) is 36.5 Å². The number of para-hydroxylation sites is 1. The zero-order valence-electron chi connectivity index (χ0n) is 11.8. The molecule has 1 aromatic heterocycles. The quantitative estimate of drug-likeness (QED) is 0.751. The van der Waals surface area contributed by atoms with Crippen LogP contribution in [0.15, 0.2) is 40.8 Å². The third kappa shape index (κ3) is 3.70. The second-order valence-electron chi connectivity index (χ2n) is 4.37. The Labute approximate surface area is 132 Å². The Hall–Kier alpha value is -2.67. The van der Waals surface area contributed by atoms with E-state index in [1.54, 1.807) is 37.3 Å². The van der Waals surface area contributed by atoms with Crippen molar-refractivity contribution >= 4 is 34.9 Å². The summed E-state index contributed by atoms with van der Waals surface area (Å²) in [6.07, 6.45) is 0.323. The summed E-state index contributed by atoms with van der Waals surface area (Å²) < 4.78 is 5.29. The molecule has 0 aliphatic rings. The third-order valence-corrected chi connectivity index (χ3v) is 3.04. The summed E-state index contributed by atoms with van der Waals surface area (Å²) in [6, 6.07) is 10.0. The Bertz CT molecular complexity index is 724. The minimum Gasteiger partial charge on any atom is -0.475 e. The fourth-order valence-corrected chi connectivity index (χ4v) is 2.00. The van der Waals surface area contributed by atoms with Gasteiger partial charge in [0, 0.05) is 12.0 Å². The van der Waals surface area contributed by atoms with Gasteiger partial charge in [-0.3, -0.25) is 4.79 Å². The van der Waals surface area contributed by atoms with Gasteiger partial charge >= 0.3 is 5.97 Å². The summed E-state index contributed by atoms with van der Waals surface area (Å²) in [6.45, 7) is 1.72. The largest absolute Gasteiger partial charge is 0.475 e. The van der Waals surface area contributed by atoms with E-state index in [0.717, 1.165) is 0 Å². The van der Waals surface area contributed by atoms with Gasteiger partial charge in [0.2, 0.25) is 11.7 Å². The van der Waals surface area contributed by atoms with Crippen LogP contribution in [0, 0.1) is 0 Å². The lowest BCUT2D eigenvalue weighted by molar-refractivity contribution is -0.119. The van der Waals surface area contributed by atoms with Gasteiger partial charge in [0.15, 0.2) is 5.11 Å². The van der Waals surface area contributed by atoms with E-state index in [4.69, 9.17) is 21.7 Å². The number of thiocarbonyl (C=S) groups is 1. The molecule has 0 aliphatic heterocycles. The van der Waals surface area contributed by atoms with Gasteiger partial charge < -0.3 is 20.2 Å². The molecule has 22 heavy (non-hydrogen) atoms. The van der Waals surface area contributed by atoms with Gasteiger partial charge in [-0.25, -0.2) is 4.79 Å². The standard InChI is InChI=1S/C15H14N2O4S/c1-2-13(18)17-15(22)16-10-6-4-3-5-9(10)11-7-8-12(21-11)14(19)20/h3-8H,2H2,1H3,(H,19,20)(H2,16,17,18,22). The van der Waals surface area contributed by atoms with Gasteiger partial charge in [-0.1, -0.05) is 19.1 Å². The fourth-order valence-electron chi connectivity index (χ4n) is 1.77. The maximum absolute atomic E-state index is 11.3. The van der Waals surface area contributed by atoms with Crippen molar-refractivity contribution in [1.29, 1.82) is 0 Å². The van der Waals surface area contributed by atoms with Crippen molar-refractivity contribution in [3.8, 4) is 11.3 Å². The van der Waals surface area contributed by atoms with Crippen LogP contribution in [0.5, 0.6) is 0 Å². The van der Waals surface area contributed by atoms with E-state index in [2.05, 4.69) is 10.6 Å². The maximum Gasteiger partial charge on any atom is 0.371 e. The Morgan fingerprint density at radius 1 is 1.23 bits per heavy atom. The Morgan fingerprint density at radius 3 is 2.59 bits per heavy atom. The minimum atomic E-state index is -1.14. The molecule has 0 atom stereocenters. The second kappa shape index (κ2) is 6.86. The molecule has 2 rings (SSSR count). The molecule has 0 spiro atoms. The lowest BCUT2D eigenvalue weighted by Gasteiger charge is -2.11. The van der Waals surface area contributed by atoms with Gasteiger partial charge in [0.25, 0.3) is 0 Å². The monoisotopic (exact) mass is 318 g/mol. The van der Waals surface area contributed by atoms with Crippen LogP contribution in [-0.4, -0.2) is 22.1 Å². The van der Waals surface area contributed by atoms with E-state index >= 15 is 0 Å². The molecular weight excluding hydrogens is 304 g/mol. The number of amides is 1.